The number of benzene rings is 1. The zero-order valence-corrected chi connectivity index (χ0v) is 12.1. The van der Waals surface area contributed by atoms with Crippen molar-refractivity contribution in [3.05, 3.63) is 62.8 Å². The van der Waals surface area contributed by atoms with Gasteiger partial charge in [-0.2, -0.15) is 0 Å². The van der Waals surface area contributed by atoms with E-state index in [2.05, 4.69) is 20.9 Å². The lowest BCUT2D eigenvalue weighted by Gasteiger charge is -2.05. The Balaban J connectivity index is 2.21. The van der Waals surface area contributed by atoms with Crippen LogP contribution in [0.15, 0.2) is 41.0 Å². The van der Waals surface area contributed by atoms with Gasteiger partial charge in [0.1, 0.15) is 0 Å². The van der Waals surface area contributed by atoms with Crippen LogP contribution in [0.1, 0.15) is 21.6 Å². The molecule has 0 aliphatic heterocycles. The van der Waals surface area contributed by atoms with Crippen molar-refractivity contribution in [1.29, 1.82) is 0 Å². The van der Waals surface area contributed by atoms with Crippen molar-refractivity contribution in [1.82, 2.24) is 4.98 Å². The van der Waals surface area contributed by atoms with E-state index in [-0.39, 0.29) is 12.2 Å². The van der Waals surface area contributed by atoms with Crippen LogP contribution in [0.3, 0.4) is 0 Å². The van der Waals surface area contributed by atoms with Crippen LogP contribution in [0.2, 0.25) is 5.02 Å². The number of nitrogens with zero attached hydrogens (tertiary/aromatic N) is 1. The van der Waals surface area contributed by atoms with Gasteiger partial charge in [0.25, 0.3) is 0 Å². The van der Waals surface area contributed by atoms with E-state index in [1.807, 2.05) is 25.1 Å². The lowest BCUT2D eigenvalue weighted by atomic mass is 10.0. The number of carbonyl (C=O) groups is 1. The molecule has 0 radical (unpaired) electrons. The van der Waals surface area contributed by atoms with Crippen molar-refractivity contribution in [3.63, 3.8) is 0 Å². The molecule has 1 aromatic carbocycles. The molecule has 0 amide bonds. The Labute approximate surface area is 119 Å². The van der Waals surface area contributed by atoms with Gasteiger partial charge in [0.05, 0.1) is 6.42 Å². The van der Waals surface area contributed by atoms with Crippen LogP contribution in [-0.4, -0.2) is 10.8 Å². The highest BCUT2D eigenvalue weighted by atomic mass is 79.9. The number of hydrogen-bond acceptors (Lipinski definition) is 2. The summed E-state index contributed by atoms with van der Waals surface area (Å²) >= 11 is 9.22. The zero-order valence-electron chi connectivity index (χ0n) is 9.78. The van der Waals surface area contributed by atoms with Gasteiger partial charge in [-0.3, -0.25) is 9.78 Å². The Morgan fingerprint density at radius 1 is 1.33 bits per heavy atom. The SMILES string of the molecule is Cc1ccc(Cl)cc1C(=O)Cc1ccc(Br)cn1. The molecule has 92 valence electrons. The highest BCUT2D eigenvalue weighted by Crippen LogP contribution is 2.17. The average molecular weight is 325 g/mol. The predicted octanol–water partition coefficient (Wildman–Crippen LogP) is 4.23. The summed E-state index contributed by atoms with van der Waals surface area (Å²) in [5.41, 5.74) is 2.34. The van der Waals surface area contributed by atoms with Crippen LogP contribution in [0.5, 0.6) is 0 Å². The molecule has 2 nitrogen and oxygen atoms in total. The molecule has 0 fully saturated rings. The molecule has 0 aliphatic carbocycles. The minimum absolute atomic E-state index is 0.0322. The molecule has 0 saturated carbocycles. The van der Waals surface area contributed by atoms with E-state index in [1.54, 1.807) is 18.3 Å². The summed E-state index contributed by atoms with van der Waals surface area (Å²) in [6.45, 7) is 1.90. The molecule has 1 aromatic heterocycles. The number of halogens is 2. The molecule has 0 bridgehead atoms. The largest absolute Gasteiger partial charge is 0.294 e. The molecule has 2 rings (SSSR count). The molecule has 0 spiro atoms. The van der Waals surface area contributed by atoms with Crippen molar-refractivity contribution in [2.24, 2.45) is 0 Å². The van der Waals surface area contributed by atoms with Gasteiger partial charge in [0.15, 0.2) is 5.78 Å². The van der Waals surface area contributed by atoms with Crippen LogP contribution in [0, 0.1) is 6.92 Å². The Hall–Kier alpha value is -1.19. The molecule has 0 N–H and O–H groups in total. The first-order chi connectivity index (χ1) is 8.56. The van der Waals surface area contributed by atoms with E-state index < -0.39 is 0 Å². The molecule has 18 heavy (non-hydrogen) atoms. The predicted molar refractivity (Wildman–Crippen MR) is 76.2 cm³/mol. The number of ketones is 1. The van der Waals surface area contributed by atoms with Crippen molar-refractivity contribution in [2.45, 2.75) is 13.3 Å². The molecule has 4 heteroatoms. The van der Waals surface area contributed by atoms with Crippen LogP contribution >= 0.6 is 27.5 Å². The number of carbonyl (C=O) groups excluding carboxylic acids is 1. The summed E-state index contributed by atoms with van der Waals surface area (Å²) in [6, 6.07) is 9.05. The third kappa shape index (κ3) is 3.18. The third-order valence-corrected chi connectivity index (χ3v) is 3.33. The van der Waals surface area contributed by atoms with Gasteiger partial charge in [-0.05, 0) is 52.7 Å². The Bertz CT molecular complexity index is 581. The van der Waals surface area contributed by atoms with E-state index in [4.69, 9.17) is 11.6 Å². The molecular weight excluding hydrogens is 314 g/mol. The topological polar surface area (TPSA) is 30.0 Å². The van der Waals surface area contributed by atoms with Gasteiger partial charge in [-0.1, -0.05) is 17.7 Å². The molecule has 0 aliphatic rings. The second kappa shape index (κ2) is 5.63. The fourth-order valence-electron chi connectivity index (χ4n) is 1.67. The summed E-state index contributed by atoms with van der Waals surface area (Å²) in [5, 5.41) is 0.577. The van der Waals surface area contributed by atoms with Crippen molar-refractivity contribution >= 4 is 33.3 Å². The van der Waals surface area contributed by atoms with Crippen LogP contribution < -0.4 is 0 Å². The van der Waals surface area contributed by atoms with Gasteiger partial charge in [0, 0.05) is 26.9 Å². The average Bonchev–Trinajstić information content (AvgIpc) is 2.35. The minimum Gasteiger partial charge on any atom is -0.294 e. The standard InChI is InChI=1S/C14H11BrClNO/c1-9-2-4-11(16)6-13(9)14(18)7-12-5-3-10(15)8-17-12/h2-6,8H,7H2,1H3. The van der Waals surface area contributed by atoms with Gasteiger partial charge in [-0.25, -0.2) is 0 Å². The van der Waals surface area contributed by atoms with Crippen LogP contribution in [0.4, 0.5) is 0 Å². The second-order valence-electron chi connectivity index (χ2n) is 4.03. The van der Waals surface area contributed by atoms with Crippen molar-refractivity contribution in [2.75, 3.05) is 0 Å². The zero-order chi connectivity index (χ0) is 13.1. The summed E-state index contributed by atoms with van der Waals surface area (Å²) < 4.78 is 0.901. The monoisotopic (exact) mass is 323 g/mol. The van der Waals surface area contributed by atoms with Crippen LogP contribution in [0.25, 0.3) is 0 Å². The molecular formula is C14H11BrClNO. The van der Waals surface area contributed by atoms with E-state index in [0.29, 0.717) is 10.6 Å². The normalized spacial score (nSPS) is 10.4. The van der Waals surface area contributed by atoms with Gasteiger partial charge >= 0.3 is 0 Å². The lowest BCUT2D eigenvalue weighted by molar-refractivity contribution is 0.0991. The van der Waals surface area contributed by atoms with Crippen LogP contribution in [-0.2, 0) is 6.42 Å². The van der Waals surface area contributed by atoms with E-state index in [0.717, 1.165) is 15.7 Å². The summed E-state index contributed by atoms with van der Waals surface area (Å²) in [4.78, 5) is 16.4. The number of aryl methyl sites for hydroxylation is 1. The Morgan fingerprint density at radius 3 is 2.78 bits per heavy atom. The number of aromatic nitrogens is 1. The first-order valence-corrected chi connectivity index (χ1v) is 6.63. The first kappa shape index (κ1) is 13.2. The quantitative estimate of drug-likeness (QED) is 0.791. The molecule has 1 heterocycles. The summed E-state index contributed by atoms with van der Waals surface area (Å²) in [7, 11) is 0. The van der Waals surface area contributed by atoms with Crippen molar-refractivity contribution < 1.29 is 4.79 Å². The smallest absolute Gasteiger partial charge is 0.169 e. The summed E-state index contributed by atoms with van der Waals surface area (Å²) in [5.74, 6) is 0.0322. The van der Waals surface area contributed by atoms with E-state index in [9.17, 15) is 4.79 Å². The highest BCUT2D eigenvalue weighted by Gasteiger charge is 2.11. The second-order valence-corrected chi connectivity index (χ2v) is 5.38. The summed E-state index contributed by atoms with van der Waals surface area (Å²) in [6.07, 6.45) is 1.97. The number of Topliss-reactive ketones (excluding diaryl/α,β-unsaturated/α-hetero) is 1. The number of rotatable bonds is 3. The lowest BCUT2D eigenvalue weighted by Crippen LogP contribution is -2.06. The number of pyridine rings is 1. The van der Waals surface area contributed by atoms with Gasteiger partial charge < -0.3 is 0 Å². The van der Waals surface area contributed by atoms with E-state index in [1.165, 1.54) is 0 Å². The molecule has 0 atom stereocenters. The Morgan fingerprint density at radius 2 is 2.11 bits per heavy atom. The highest BCUT2D eigenvalue weighted by molar-refractivity contribution is 9.10. The number of hydrogen-bond donors (Lipinski definition) is 0. The van der Waals surface area contributed by atoms with Gasteiger partial charge in [-0.15, -0.1) is 0 Å². The molecule has 0 unspecified atom stereocenters. The third-order valence-electron chi connectivity index (χ3n) is 2.63. The molecule has 0 saturated heterocycles. The maximum atomic E-state index is 12.2. The van der Waals surface area contributed by atoms with Crippen molar-refractivity contribution in [3.8, 4) is 0 Å². The minimum atomic E-state index is 0.0322. The molecule has 2 aromatic rings. The van der Waals surface area contributed by atoms with Gasteiger partial charge in [0.2, 0.25) is 0 Å². The fourth-order valence-corrected chi connectivity index (χ4v) is 2.07. The maximum Gasteiger partial charge on any atom is 0.169 e. The fraction of sp³-hybridized carbons (Fsp3) is 0.143. The Kier molecular flexibility index (Phi) is 4.15. The van der Waals surface area contributed by atoms with E-state index >= 15 is 0 Å². The first-order valence-electron chi connectivity index (χ1n) is 5.46. The maximum absolute atomic E-state index is 12.2.